The van der Waals surface area contributed by atoms with E-state index in [-0.39, 0.29) is 11.9 Å². The van der Waals surface area contributed by atoms with E-state index in [1.54, 1.807) is 0 Å². The van der Waals surface area contributed by atoms with Gasteiger partial charge in [0.15, 0.2) is 0 Å². The van der Waals surface area contributed by atoms with E-state index in [1.807, 2.05) is 4.90 Å². The number of rotatable bonds is 4. The molecule has 0 aromatic carbocycles. The Bertz CT molecular complexity index is 218. The molecular weight excluding hydrogens is 200 g/mol. The van der Waals surface area contributed by atoms with E-state index in [4.69, 9.17) is 5.73 Å². The fraction of sp³-hybridized carbons (Fsp3) is 0.923. The number of likely N-dealkylation sites (tertiary alicyclic amines) is 1. The first-order valence-electron chi connectivity index (χ1n) is 6.69. The molecule has 1 saturated heterocycles. The highest BCUT2D eigenvalue weighted by Gasteiger charge is 2.22. The van der Waals surface area contributed by atoms with Crippen molar-refractivity contribution < 1.29 is 4.79 Å². The van der Waals surface area contributed by atoms with Gasteiger partial charge in [-0.15, -0.1) is 0 Å². The molecule has 2 atom stereocenters. The molecule has 94 valence electrons. The summed E-state index contributed by atoms with van der Waals surface area (Å²) in [6, 6.07) is -0.270. The van der Waals surface area contributed by atoms with Crippen molar-refractivity contribution in [1.29, 1.82) is 0 Å². The molecule has 1 amide bonds. The number of unbranched alkanes of at least 4 members (excludes halogenated alkanes) is 1. The third-order valence-electron chi connectivity index (χ3n) is 3.51. The van der Waals surface area contributed by atoms with Gasteiger partial charge in [-0.3, -0.25) is 4.79 Å². The molecule has 2 N–H and O–H groups in total. The molecule has 0 aromatic rings. The van der Waals surface area contributed by atoms with Crippen molar-refractivity contribution in [3.63, 3.8) is 0 Å². The molecule has 16 heavy (non-hydrogen) atoms. The molecule has 1 fully saturated rings. The van der Waals surface area contributed by atoms with Gasteiger partial charge in [-0.05, 0) is 31.6 Å². The molecule has 1 aliphatic rings. The summed E-state index contributed by atoms with van der Waals surface area (Å²) in [5.74, 6) is 0.923. The number of carbonyl (C=O) groups is 1. The second-order valence-corrected chi connectivity index (χ2v) is 5.11. The van der Waals surface area contributed by atoms with Crippen LogP contribution in [-0.4, -0.2) is 29.9 Å². The first-order valence-corrected chi connectivity index (χ1v) is 6.69. The molecule has 3 heteroatoms. The van der Waals surface area contributed by atoms with Gasteiger partial charge in [0, 0.05) is 13.1 Å². The zero-order chi connectivity index (χ0) is 12.0. The quantitative estimate of drug-likeness (QED) is 0.798. The summed E-state index contributed by atoms with van der Waals surface area (Å²) < 4.78 is 0. The molecule has 3 nitrogen and oxygen atoms in total. The molecule has 2 unspecified atom stereocenters. The lowest BCUT2D eigenvalue weighted by molar-refractivity contribution is -0.132. The molecule has 0 spiro atoms. The van der Waals surface area contributed by atoms with E-state index in [0.717, 1.165) is 51.1 Å². The Morgan fingerprint density at radius 1 is 1.44 bits per heavy atom. The molecule has 1 rings (SSSR count). The van der Waals surface area contributed by atoms with Crippen LogP contribution in [0.1, 0.15) is 52.4 Å². The Labute approximate surface area is 99.4 Å². The molecule has 1 aliphatic heterocycles. The summed E-state index contributed by atoms with van der Waals surface area (Å²) in [6.07, 6.45) is 6.50. The van der Waals surface area contributed by atoms with Crippen LogP contribution in [0.3, 0.4) is 0 Å². The van der Waals surface area contributed by atoms with Crippen LogP contribution in [0.2, 0.25) is 0 Å². The van der Waals surface area contributed by atoms with Gasteiger partial charge in [-0.25, -0.2) is 0 Å². The maximum absolute atomic E-state index is 12.1. The SMILES string of the molecule is CCCCC(N)C(=O)N1CCCC(C)CC1. The average Bonchev–Trinajstić information content (AvgIpc) is 2.50. The van der Waals surface area contributed by atoms with E-state index < -0.39 is 0 Å². The highest BCUT2D eigenvalue weighted by atomic mass is 16.2. The van der Waals surface area contributed by atoms with E-state index >= 15 is 0 Å². The largest absolute Gasteiger partial charge is 0.341 e. The maximum atomic E-state index is 12.1. The van der Waals surface area contributed by atoms with Crippen molar-refractivity contribution in [2.45, 2.75) is 58.4 Å². The Morgan fingerprint density at radius 2 is 2.19 bits per heavy atom. The van der Waals surface area contributed by atoms with Gasteiger partial charge in [0.1, 0.15) is 0 Å². The molecule has 0 aliphatic carbocycles. The molecule has 1 heterocycles. The fourth-order valence-electron chi connectivity index (χ4n) is 2.27. The zero-order valence-corrected chi connectivity index (χ0v) is 10.7. The number of carbonyl (C=O) groups excluding carboxylic acids is 1. The third-order valence-corrected chi connectivity index (χ3v) is 3.51. The Hall–Kier alpha value is -0.570. The monoisotopic (exact) mass is 226 g/mol. The van der Waals surface area contributed by atoms with Crippen LogP contribution in [-0.2, 0) is 4.79 Å². The zero-order valence-electron chi connectivity index (χ0n) is 10.7. The van der Waals surface area contributed by atoms with Gasteiger partial charge in [0.05, 0.1) is 6.04 Å². The second kappa shape index (κ2) is 6.89. The number of nitrogens with zero attached hydrogens (tertiary/aromatic N) is 1. The summed E-state index contributed by atoms with van der Waals surface area (Å²) in [5, 5.41) is 0. The van der Waals surface area contributed by atoms with Gasteiger partial charge in [-0.2, -0.15) is 0 Å². The Morgan fingerprint density at radius 3 is 2.88 bits per heavy atom. The van der Waals surface area contributed by atoms with E-state index in [9.17, 15) is 4.79 Å². The van der Waals surface area contributed by atoms with Crippen molar-refractivity contribution in [3.05, 3.63) is 0 Å². The first kappa shape index (κ1) is 13.5. The number of hydrogen-bond acceptors (Lipinski definition) is 2. The lowest BCUT2D eigenvalue weighted by Gasteiger charge is -2.24. The summed E-state index contributed by atoms with van der Waals surface area (Å²) in [7, 11) is 0. The fourth-order valence-corrected chi connectivity index (χ4v) is 2.27. The van der Waals surface area contributed by atoms with Crippen molar-refractivity contribution in [2.75, 3.05) is 13.1 Å². The van der Waals surface area contributed by atoms with Gasteiger partial charge >= 0.3 is 0 Å². The van der Waals surface area contributed by atoms with Crippen LogP contribution >= 0.6 is 0 Å². The minimum atomic E-state index is -0.270. The lowest BCUT2D eigenvalue weighted by atomic mass is 10.0. The number of nitrogens with two attached hydrogens (primary N) is 1. The van der Waals surface area contributed by atoms with Crippen molar-refractivity contribution in [2.24, 2.45) is 11.7 Å². The van der Waals surface area contributed by atoms with E-state index in [2.05, 4.69) is 13.8 Å². The van der Waals surface area contributed by atoms with Gasteiger partial charge in [-0.1, -0.05) is 26.7 Å². The molecule has 0 saturated carbocycles. The maximum Gasteiger partial charge on any atom is 0.239 e. The van der Waals surface area contributed by atoms with Crippen molar-refractivity contribution >= 4 is 5.91 Å². The highest BCUT2D eigenvalue weighted by Crippen LogP contribution is 2.17. The number of amides is 1. The van der Waals surface area contributed by atoms with Crippen molar-refractivity contribution in [1.82, 2.24) is 4.90 Å². The molecule has 0 aromatic heterocycles. The predicted octanol–water partition coefficient (Wildman–Crippen LogP) is 2.15. The Kier molecular flexibility index (Phi) is 5.81. The van der Waals surface area contributed by atoms with E-state index in [1.165, 1.54) is 6.42 Å². The highest BCUT2D eigenvalue weighted by molar-refractivity contribution is 5.81. The Balaban J connectivity index is 2.39. The van der Waals surface area contributed by atoms with Crippen LogP contribution in [0.15, 0.2) is 0 Å². The number of hydrogen-bond donors (Lipinski definition) is 1. The van der Waals surface area contributed by atoms with Crippen LogP contribution in [0.25, 0.3) is 0 Å². The minimum Gasteiger partial charge on any atom is -0.341 e. The predicted molar refractivity (Wildman–Crippen MR) is 67.1 cm³/mol. The third kappa shape index (κ3) is 4.12. The summed E-state index contributed by atoms with van der Waals surface area (Å²) in [5.41, 5.74) is 5.93. The lowest BCUT2D eigenvalue weighted by Crippen LogP contribution is -2.44. The van der Waals surface area contributed by atoms with Crippen LogP contribution in [0.5, 0.6) is 0 Å². The summed E-state index contributed by atoms with van der Waals surface area (Å²) in [4.78, 5) is 14.0. The normalized spacial score (nSPS) is 23.9. The molecule has 0 radical (unpaired) electrons. The van der Waals surface area contributed by atoms with Crippen molar-refractivity contribution in [3.8, 4) is 0 Å². The van der Waals surface area contributed by atoms with Crippen LogP contribution in [0, 0.1) is 5.92 Å². The topological polar surface area (TPSA) is 46.3 Å². The van der Waals surface area contributed by atoms with E-state index in [0.29, 0.717) is 0 Å². The second-order valence-electron chi connectivity index (χ2n) is 5.11. The average molecular weight is 226 g/mol. The first-order chi connectivity index (χ1) is 7.65. The van der Waals surface area contributed by atoms with Crippen LogP contribution < -0.4 is 5.73 Å². The van der Waals surface area contributed by atoms with Gasteiger partial charge in [0.2, 0.25) is 5.91 Å². The van der Waals surface area contributed by atoms with Gasteiger partial charge < -0.3 is 10.6 Å². The summed E-state index contributed by atoms with van der Waals surface area (Å²) >= 11 is 0. The van der Waals surface area contributed by atoms with Crippen LogP contribution in [0.4, 0.5) is 0 Å². The summed E-state index contributed by atoms with van der Waals surface area (Å²) in [6.45, 7) is 6.21. The minimum absolute atomic E-state index is 0.169. The molecular formula is C13H26N2O. The molecule has 0 bridgehead atoms. The van der Waals surface area contributed by atoms with Gasteiger partial charge in [0.25, 0.3) is 0 Å². The standard InChI is InChI=1S/C13H26N2O/c1-3-4-7-12(14)13(16)15-9-5-6-11(2)8-10-15/h11-12H,3-10,14H2,1-2H3. The smallest absolute Gasteiger partial charge is 0.239 e.